The number of nitrogens with two attached hydrogens (primary N) is 1. The predicted molar refractivity (Wildman–Crippen MR) is 123 cm³/mol. The Hall–Kier alpha value is -2.97. The van der Waals surface area contributed by atoms with Gasteiger partial charge in [-0.3, -0.25) is 9.36 Å². The van der Waals surface area contributed by atoms with E-state index in [4.69, 9.17) is 22.3 Å². The van der Waals surface area contributed by atoms with Gasteiger partial charge >= 0.3 is 0 Å². The summed E-state index contributed by atoms with van der Waals surface area (Å²) in [5.41, 5.74) is 6.93. The van der Waals surface area contributed by atoms with Gasteiger partial charge in [0.15, 0.2) is 0 Å². The van der Waals surface area contributed by atoms with E-state index in [1.807, 2.05) is 37.3 Å². The van der Waals surface area contributed by atoms with Gasteiger partial charge in [-0.25, -0.2) is 15.0 Å². The third-order valence-electron chi connectivity index (χ3n) is 4.62. The lowest BCUT2D eigenvalue weighted by molar-refractivity contribution is 0.729. The van der Waals surface area contributed by atoms with E-state index in [1.54, 1.807) is 29.7 Å². The standard InChI is InChI=1S/C21H18BrClN6O/c1-11(25-19-17(22)18(24)26-12(2)27-19)20-28-15-10-6-9-14(23)16(15)21(30)29(20)13-7-4-3-5-8-13/h3-11H,1-2H3,(H3,24,25,26,27)/t11-/m0/s1. The molecule has 9 heteroatoms. The van der Waals surface area contributed by atoms with Gasteiger partial charge in [-0.15, -0.1) is 0 Å². The van der Waals surface area contributed by atoms with E-state index in [9.17, 15) is 4.79 Å². The lowest BCUT2D eigenvalue weighted by Gasteiger charge is -2.21. The number of fused-ring (bicyclic) bond motifs is 1. The minimum absolute atomic E-state index is 0.238. The van der Waals surface area contributed by atoms with E-state index < -0.39 is 0 Å². The van der Waals surface area contributed by atoms with Crippen molar-refractivity contribution in [3.63, 3.8) is 0 Å². The van der Waals surface area contributed by atoms with Crippen molar-refractivity contribution in [1.82, 2.24) is 19.5 Å². The van der Waals surface area contributed by atoms with E-state index in [-0.39, 0.29) is 11.6 Å². The third-order valence-corrected chi connectivity index (χ3v) is 5.71. The molecule has 0 saturated carbocycles. The van der Waals surface area contributed by atoms with Crippen molar-refractivity contribution in [3.8, 4) is 5.69 Å². The van der Waals surface area contributed by atoms with Crippen LogP contribution in [-0.4, -0.2) is 19.5 Å². The Bertz CT molecular complexity index is 1310. The van der Waals surface area contributed by atoms with Gasteiger partial charge in [-0.05, 0) is 54.0 Å². The molecule has 152 valence electrons. The Balaban J connectivity index is 1.93. The monoisotopic (exact) mass is 484 g/mol. The van der Waals surface area contributed by atoms with E-state index in [0.29, 0.717) is 49.4 Å². The summed E-state index contributed by atoms with van der Waals surface area (Å²) in [6, 6.07) is 14.2. The summed E-state index contributed by atoms with van der Waals surface area (Å²) < 4.78 is 2.12. The molecular weight excluding hydrogens is 468 g/mol. The zero-order valence-electron chi connectivity index (χ0n) is 16.2. The lowest BCUT2D eigenvalue weighted by Crippen LogP contribution is -2.27. The normalized spacial score (nSPS) is 12.1. The summed E-state index contributed by atoms with van der Waals surface area (Å²) >= 11 is 9.76. The van der Waals surface area contributed by atoms with Gasteiger partial charge < -0.3 is 11.1 Å². The molecular formula is C21H18BrClN6O. The summed E-state index contributed by atoms with van der Waals surface area (Å²) in [6.45, 7) is 3.66. The highest BCUT2D eigenvalue weighted by atomic mass is 79.9. The van der Waals surface area contributed by atoms with Crippen LogP contribution < -0.4 is 16.6 Å². The quantitative estimate of drug-likeness (QED) is 0.436. The topological polar surface area (TPSA) is 98.7 Å². The first-order chi connectivity index (χ1) is 14.4. The molecule has 0 spiro atoms. The Kier molecular flexibility index (Phi) is 5.44. The number of rotatable bonds is 4. The van der Waals surface area contributed by atoms with Crippen LogP contribution in [0.4, 0.5) is 11.6 Å². The predicted octanol–water partition coefficient (Wildman–Crippen LogP) is 4.66. The molecule has 0 amide bonds. The molecule has 0 radical (unpaired) electrons. The number of hydrogen-bond donors (Lipinski definition) is 2. The maximum Gasteiger partial charge on any atom is 0.267 e. The number of halogens is 2. The van der Waals surface area contributed by atoms with Crippen molar-refractivity contribution in [1.29, 1.82) is 0 Å². The van der Waals surface area contributed by atoms with E-state index in [2.05, 4.69) is 31.2 Å². The minimum atomic E-state index is -0.383. The number of anilines is 2. The number of aryl methyl sites for hydroxylation is 1. The second-order valence-corrected chi connectivity index (χ2v) is 7.96. The van der Waals surface area contributed by atoms with Crippen LogP contribution in [0.3, 0.4) is 0 Å². The molecule has 30 heavy (non-hydrogen) atoms. The zero-order valence-corrected chi connectivity index (χ0v) is 18.6. The van der Waals surface area contributed by atoms with Gasteiger partial charge in [0.25, 0.3) is 5.56 Å². The molecule has 4 rings (SSSR count). The van der Waals surface area contributed by atoms with Crippen molar-refractivity contribution in [2.75, 3.05) is 11.1 Å². The van der Waals surface area contributed by atoms with E-state index in [1.165, 1.54) is 0 Å². The maximum atomic E-state index is 13.5. The smallest absolute Gasteiger partial charge is 0.267 e. The second kappa shape index (κ2) is 8.04. The fraction of sp³-hybridized carbons (Fsp3) is 0.143. The molecule has 0 bridgehead atoms. The summed E-state index contributed by atoms with van der Waals surface area (Å²) in [7, 11) is 0. The van der Waals surface area contributed by atoms with Gasteiger partial charge in [0.1, 0.15) is 27.8 Å². The number of nitrogen functional groups attached to an aromatic ring is 1. The van der Waals surface area contributed by atoms with Crippen molar-refractivity contribution >= 4 is 50.1 Å². The number of aromatic nitrogens is 4. The van der Waals surface area contributed by atoms with Crippen molar-refractivity contribution in [2.45, 2.75) is 19.9 Å². The summed E-state index contributed by atoms with van der Waals surface area (Å²) in [4.78, 5) is 26.8. The minimum Gasteiger partial charge on any atom is -0.383 e. The maximum absolute atomic E-state index is 13.5. The number of hydrogen-bond acceptors (Lipinski definition) is 6. The molecule has 0 saturated heterocycles. The average molecular weight is 486 g/mol. The van der Waals surface area contributed by atoms with E-state index >= 15 is 0 Å². The summed E-state index contributed by atoms with van der Waals surface area (Å²) in [5, 5.41) is 4.03. The Morgan fingerprint density at radius 3 is 2.57 bits per heavy atom. The molecule has 7 nitrogen and oxygen atoms in total. The number of nitrogens with zero attached hydrogens (tertiary/aromatic N) is 4. The molecule has 3 N–H and O–H groups in total. The van der Waals surface area contributed by atoms with Gasteiger partial charge in [-0.2, -0.15) is 0 Å². The van der Waals surface area contributed by atoms with Gasteiger partial charge in [0, 0.05) is 0 Å². The van der Waals surface area contributed by atoms with Crippen LogP contribution in [0.5, 0.6) is 0 Å². The van der Waals surface area contributed by atoms with Crippen LogP contribution in [-0.2, 0) is 0 Å². The fourth-order valence-corrected chi connectivity index (χ4v) is 3.81. The molecule has 0 unspecified atom stereocenters. The van der Waals surface area contributed by atoms with Crippen molar-refractivity contribution in [2.24, 2.45) is 0 Å². The largest absolute Gasteiger partial charge is 0.383 e. The molecule has 0 aliphatic rings. The average Bonchev–Trinajstić information content (AvgIpc) is 2.72. The SMILES string of the molecule is Cc1nc(N)c(Br)c(N[C@@H](C)c2nc3cccc(Cl)c3c(=O)n2-c2ccccc2)n1. The number of benzene rings is 2. The Labute approximate surface area is 186 Å². The van der Waals surface area contributed by atoms with Crippen LogP contribution in [0.2, 0.25) is 5.02 Å². The van der Waals surface area contributed by atoms with Crippen LogP contribution >= 0.6 is 27.5 Å². The van der Waals surface area contributed by atoms with Crippen molar-refractivity contribution in [3.05, 3.63) is 80.0 Å². The Morgan fingerprint density at radius 1 is 1.10 bits per heavy atom. The highest BCUT2D eigenvalue weighted by Crippen LogP contribution is 2.29. The summed E-state index contributed by atoms with van der Waals surface area (Å²) in [5.74, 6) is 1.90. The Morgan fingerprint density at radius 2 is 1.83 bits per heavy atom. The summed E-state index contributed by atoms with van der Waals surface area (Å²) in [6.07, 6.45) is 0. The van der Waals surface area contributed by atoms with E-state index in [0.717, 1.165) is 0 Å². The van der Waals surface area contributed by atoms with Crippen LogP contribution in [0.1, 0.15) is 24.6 Å². The molecule has 0 aliphatic heterocycles. The molecule has 2 heterocycles. The molecule has 0 aliphatic carbocycles. The zero-order chi connectivity index (χ0) is 21.4. The first kappa shape index (κ1) is 20.3. The molecule has 2 aromatic carbocycles. The van der Waals surface area contributed by atoms with Gasteiger partial charge in [0.05, 0.1) is 27.7 Å². The highest BCUT2D eigenvalue weighted by Gasteiger charge is 2.21. The number of para-hydroxylation sites is 1. The second-order valence-electron chi connectivity index (χ2n) is 6.76. The first-order valence-corrected chi connectivity index (χ1v) is 10.4. The molecule has 0 fully saturated rings. The molecule has 2 aromatic heterocycles. The molecule has 4 aromatic rings. The first-order valence-electron chi connectivity index (χ1n) is 9.19. The van der Waals surface area contributed by atoms with Crippen LogP contribution in [0.25, 0.3) is 16.6 Å². The van der Waals surface area contributed by atoms with Crippen LogP contribution in [0.15, 0.2) is 57.8 Å². The fourth-order valence-electron chi connectivity index (χ4n) is 3.27. The van der Waals surface area contributed by atoms with Gasteiger partial charge in [-0.1, -0.05) is 35.9 Å². The van der Waals surface area contributed by atoms with Crippen molar-refractivity contribution < 1.29 is 0 Å². The van der Waals surface area contributed by atoms with Crippen LogP contribution in [0, 0.1) is 6.92 Å². The molecule has 1 atom stereocenters. The van der Waals surface area contributed by atoms with Gasteiger partial charge in [0.2, 0.25) is 0 Å². The number of nitrogens with one attached hydrogen (secondary N) is 1. The third kappa shape index (κ3) is 3.64. The lowest BCUT2D eigenvalue weighted by atomic mass is 10.2. The highest BCUT2D eigenvalue weighted by molar-refractivity contribution is 9.10.